The Morgan fingerprint density at radius 1 is 1.08 bits per heavy atom. The van der Waals surface area contributed by atoms with Crippen molar-refractivity contribution in [1.82, 2.24) is 9.80 Å². The van der Waals surface area contributed by atoms with Crippen LogP contribution in [0.5, 0.6) is 0 Å². The van der Waals surface area contributed by atoms with Crippen molar-refractivity contribution in [3.8, 4) is 0 Å². The molecule has 0 aromatic heterocycles. The van der Waals surface area contributed by atoms with E-state index >= 15 is 0 Å². The van der Waals surface area contributed by atoms with Gasteiger partial charge in [0.25, 0.3) is 0 Å². The molecule has 4 rings (SSSR count). The Labute approximate surface area is 161 Å². The summed E-state index contributed by atoms with van der Waals surface area (Å²) in [6.07, 6.45) is 6.90. The Morgan fingerprint density at radius 3 is 2.65 bits per heavy atom. The lowest BCUT2D eigenvalue weighted by atomic mass is 10.1. The number of carbonyl (C=O) groups is 1. The second-order valence-electron chi connectivity index (χ2n) is 7.86. The molecule has 142 valence electrons. The van der Waals surface area contributed by atoms with Crippen molar-refractivity contribution in [2.75, 3.05) is 49.5 Å². The number of hydrogen-bond acceptors (Lipinski definition) is 4. The van der Waals surface area contributed by atoms with Gasteiger partial charge >= 0.3 is 0 Å². The minimum atomic E-state index is 0.148. The molecule has 26 heavy (non-hydrogen) atoms. The topological polar surface area (TPSA) is 35.6 Å². The molecule has 1 amide bonds. The highest BCUT2D eigenvalue weighted by Crippen LogP contribution is 2.25. The maximum absolute atomic E-state index is 12.3. The van der Waals surface area contributed by atoms with Gasteiger partial charge in [0.15, 0.2) is 0 Å². The predicted octanol–water partition coefficient (Wildman–Crippen LogP) is 3.02. The van der Waals surface area contributed by atoms with Crippen LogP contribution in [-0.2, 0) is 17.6 Å². The van der Waals surface area contributed by atoms with E-state index in [4.69, 9.17) is 0 Å². The normalized spacial score (nSPS) is 22.3. The molecule has 1 aromatic carbocycles. The van der Waals surface area contributed by atoms with Crippen molar-refractivity contribution in [3.63, 3.8) is 0 Å². The number of carbonyl (C=O) groups excluding carboxylic acids is 1. The lowest BCUT2D eigenvalue weighted by molar-refractivity contribution is -0.116. The minimum Gasteiger partial charge on any atom is -0.326 e. The van der Waals surface area contributed by atoms with Crippen LogP contribution in [0.3, 0.4) is 0 Å². The molecule has 2 heterocycles. The lowest BCUT2D eigenvalue weighted by Crippen LogP contribution is -2.51. The Bertz CT molecular complexity index is 622. The van der Waals surface area contributed by atoms with Crippen molar-refractivity contribution in [2.24, 2.45) is 0 Å². The van der Waals surface area contributed by atoms with Gasteiger partial charge in [-0.3, -0.25) is 9.69 Å². The number of aryl methyl sites for hydroxylation is 2. The van der Waals surface area contributed by atoms with Crippen molar-refractivity contribution in [1.29, 1.82) is 0 Å². The summed E-state index contributed by atoms with van der Waals surface area (Å²) in [6, 6.07) is 7.22. The van der Waals surface area contributed by atoms with Crippen LogP contribution >= 0.6 is 11.8 Å². The molecule has 0 radical (unpaired) electrons. The highest BCUT2D eigenvalue weighted by molar-refractivity contribution is 7.99. The molecule has 2 saturated heterocycles. The van der Waals surface area contributed by atoms with Crippen molar-refractivity contribution in [2.45, 2.75) is 44.6 Å². The summed E-state index contributed by atoms with van der Waals surface area (Å²) in [5.74, 6) is 2.80. The first-order valence-corrected chi connectivity index (χ1v) is 11.4. The first-order valence-electron chi connectivity index (χ1n) is 10.2. The fourth-order valence-corrected chi connectivity index (χ4v) is 5.62. The number of hydrogen-bond donors (Lipinski definition) is 1. The fraction of sp³-hybridized carbons (Fsp3) is 0.667. The van der Waals surface area contributed by atoms with Crippen LogP contribution < -0.4 is 5.32 Å². The van der Waals surface area contributed by atoms with Gasteiger partial charge in [0, 0.05) is 50.9 Å². The summed E-state index contributed by atoms with van der Waals surface area (Å²) in [5, 5.41) is 3.09. The third-order valence-electron chi connectivity index (χ3n) is 6.15. The third-order valence-corrected chi connectivity index (χ3v) is 7.20. The summed E-state index contributed by atoms with van der Waals surface area (Å²) < 4.78 is 0. The average Bonchev–Trinajstić information content (AvgIpc) is 3.15. The number of piperazine rings is 1. The maximum atomic E-state index is 12.3. The van der Waals surface area contributed by atoms with Crippen LogP contribution in [0.4, 0.5) is 5.69 Å². The largest absolute Gasteiger partial charge is 0.326 e. The van der Waals surface area contributed by atoms with E-state index in [2.05, 4.69) is 45.1 Å². The highest BCUT2D eigenvalue weighted by atomic mass is 32.2. The zero-order chi connectivity index (χ0) is 17.8. The molecule has 1 aliphatic carbocycles. The van der Waals surface area contributed by atoms with Gasteiger partial charge in [0.2, 0.25) is 5.91 Å². The smallest absolute Gasteiger partial charge is 0.225 e. The maximum Gasteiger partial charge on any atom is 0.225 e. The van der Waals surface area contributed by atoms with Crippen LogP contribution in [0.1, 0.15) is 36.8 Å². The van der Waals surface area contributed by atoms with Gasteiger partial charge in [0.1, 0.15) is 0 Å². The Hall–Kier alpha value is -1.04. The molecule has 0 atom stereocenters. The molecule has 0 spiro atoms. The van der Waals surface area contributed by atoms with Gasteiger partial charge in [-0.05, 0) is 66.9 Å². The molecule has 0 saturated carbocycles. The Kier molecular flexibility index (Phi) is 6.18. The number of nitrogens with zero attached hydrogens (tertiary/aromatic N) is 2. The number of amides is 1. The number of fused-ring (bicyclic) bond motifs is 1. The standard InChI is InChI=1S/C21H31N3OS/c25-21(22-19-5-4-17-2-1-3-18(17)16-19)6-9-23-10-12-24(13-11-23)20-7-14-26-15-8-20/h4-5,16,20H,1-3,6-15H2,(H,22,25). The van der Waals surface area contributed by atoms with Gasteiger partial charge in [0.05, 0.1) is 0 Å². The number of anilines is 1. The number of benzene rings is 1. The zero-order valence-electron chi connectivity index (χ0n) is 15.7. The van der Waals surface area contributed by atoms with Gasteiger partial charge in [-0.15, -0.1) is 0 Å². The first kappa shape index (κ1) is 18.3. The molecule has 3 aliphatic rings. The van der Waals surface area contributed by atoms with Gasteiger partial charge in [-0.25, -0.2) is 0 Å². The van der Waals surface area contributed by atoms with E-state index in [1.807, 2.05) is 0 Å². The van der Waals surface area contributed by atoms with Crippen LogP contribution in [0.15, 0.2) is 18.2 Å². The number of rotatable bonds is 5. The highest BCUT2D eigenvalue weighted by Gasteiger charge is 2.25. The summed E-state index contributed by atoms with van der Waals surface area (Å²) in [5.41, 5.74) is 3.84. The summed E-state index contributed by atoms with van der Waals surface area (Å²) >= 11 is 2.10. The van der Waals surface area contributed by atoms with E-state index < -0.39 is 0 Å². The molecule has 5 heteroatoms. The monoisotopic (exact) mass is 373 g/mol. The predicted molar refractivity (Wildman–Crippen MR) is 110 cm³/mol. The van der Waals surface area contributed by atoms with Gasteiger partial charge in [-0.1, -0.05) is 6.07 Å². The molecule has 1 N–H and O–H groups in total. The second-order valence-corrected chi connectivity index (χ2v) is 9.08. The molecular formula is C21H31N3OS. The average molecular weight is 374 g/mol. The van der Waals surface area contributed by atoms with Crippen molar-refractivity contribution in [3.05, 3.63) is 29.3 Å². The van der Waals surface area contributed by atoms with Crippen molar-refractivity contribution >= 4 is 23.4 Å². The molecule has 2 aliphatic heterocycles. The van der Waals surface area contributed by atoms with E-state index in [-0.39, 0.29) is 5.91 Å². The summed E-state index contributed by atoms with van der Waals surface area (Å²) in [7, 11) is 0. The summed E-state index contributed by atoms with van der Waals surface area (Å²) in [6.45, 7) is 5.43. The van der Waals surface area contributed by atoms with E-state index in [1.54, 1.807) is 0 Å². The molecule has 4 nitrogen and oxygen atoms in total. The molecule has 0 bridgehead atoms. The first-order chi connectivity index (χ1) is 12.8. The van der Waals surface area contributed by atoms with E-state index in [9.17, 15) is 4.79 Å². The van der Waals surface area contributed by atoms with Crippen LogP contribution in [0.25, 0.3) is 0 Å². The van der Waals surface area contributed by atoms with Crippen molar-refractivity contribution < 1.29 is 4.79 Å². The van der Waals surface area contributed by atoms with Gasteiger partial charge < -0.3 is 10.2 Å². The number of thioether (sulfide) groups is 1. The molecule has 1 aromatic rings. The van der Waals surface area contributed by atoms with E-state index in [1.165, 1.54) is 61.4 Å². The fourth-order valence-electron chi connectivity index (χ4n) is 4.54. The Morgan fingerprint density at radius 2 is 1.85 bits per heavy atom. The number of nitrogens with one attached hydrogen (secondary N) is 1. The van der Waals surface area contributed by atoms with E-state index in [0.717, 1.165) is 37.8 Å². The van der Waals surface area contributed by atoms with Crippen LogP contribution in [0, 0.1) is 0 Å². The van der Waals surface area contributed by atoms with Crippen LogP contribution in [-0.4, -0.2) is 66.0 Å². The third kappa shape index (κ3) is 4.62. The SMILES string of the molecule is O=C(CCN1CCN(C2CCSCC2)CC1)Nc1ccc2c(c1)CCC2. The quantitative estimate of drug-likeness (QED) is 0.861. The zero-order valence-corrected chi connectivity index (χ0v) is 16.5. The molecular weight excluding hydrogens is 342 g/mol. The molecule has 0 unspecified atom stereocenters. The second kappa shape index (κ2) is 8.77. The van der Waals surface area contributed by atoms with E-state index in [0.29, 0.717) is 6.42 Å². The summed E-state index contributed by atoms with van der Waals surface area (Å²) in [4.78, 5) is 17.5. The van der Waals surface area contributed by atoms with Crippen LogP contribution in [0.2, 0.25) is 0 Å². The minimum absolute atomic E-state index is 0.148. The Balaban J connectivity index is 1.18. The molecule has 2 fully saturated rings. The van der Waals surface area contributed by atoms with Gasteiger partial charge in [-0.2, -0.15) is 11.8 Å². The lowest BCUT2D eigenvalue weighted by Gasteiger charge is -2.40.